The molecule has 0 N–H and O–H groups in total. The number of para-hydroxylation sites is 2. The van der Waals surface area contributed by atoms with Crippen LogP contribution in [0.15, 0.2) is 54.6 Å². The van der Waals surface area contributed by atoms with Gasteiger partial charge in [-0.3, -0.25) is 4.79 Å². The van der Waals surface area contributed by atoms with Crippen molar-refractivity contribution in [1.82, 2.24) is 4.90 Å². The Balaban J connectivity index is 1.36. The van der Waals surface area contributed by atoms with Crippen LogP contribution in [-0.2, 0) is 20.7 Å². The molecule has 1 aliphatic rings. The molecule has 0 unspecified atom stereocenters. The molecular formula is C23H27NO5. The van der Waals surface area contributed by atoms with Crippen molar-refractivity contribution < 1.29 is 23.8 Å². The second-order valence-electron chi connectivity index (χ2n) is 7.11. The quantitative estimate of drug-likeness (QED) is 0.641. The molecule has 2 aromatic carbocycles. The lowest BCUT2D eigenvalue weighted by atomic mass is 9.90. The molecule has 0 atom stereocenters. The van der Waals surface area contributed by atoms with Gasteiger partial charge in [-0.25, -0.2) is 4.79 Å². The topological polar surface area (TPSA) is 65.1 Å². The summed E-state index contributed by atoms with van der Waals surface area (Å²) < 4.78 is 15.7. The third-order valence-corrected chi connectivity index (χ3v) is 5.11. The van der Waals surface area contributed by atoms with Crippen LogP contribution in [0.2, 0.25) is 0 Å². The molecule has 1 fully saturated rings. The lowest BCUT2D eigenvalue weighted by molar-refractivity contribution is -0.154. The fourth-order valence-electron chi connectivity index (χ4n) is 3.48. The molecule has 1 heterocycles. The molecule has 1 aliphatic heterocycles. The maximum absolute atomic E-state index is 12.3. The highest BCUT2D eigenvalue weighted by Crippen LogP contribution is 2.25. The molecule has 0 aliphatic carbocycles. The number of hydrogen-bond donors (Lipinski definition) is 0. The Morgan fingerprint density at radius 2 is 1.59 bits per heavy atom. The van der Waals surface area contributed by atoms with Gasteiger partial charge in [0.15, 0.2) is 24.7 Å². The van der Waals surface area contributed by atoms with Crippen molar-refractivity contribution in [2.75, 3.05) is 33.4 Å². The summed E-state index contributed by atoms with van der Waals surface area (Å²) >= 11 is 0. The molecule has 6 nitrogen and oxygen atoms in total. The van der Waals surface area contributed by atoms with Gasteiger partial charge in [-0.1, -0.05) is 42.5 Å². The predicted octanol–water partition coefficient (Wildman–Crippen LogP) is 3.10. The largest absolute Gasteiger partial charge is 0.493 e. The van der Waals surface area contributed by atoms with Gasteiger partial charge in [0.25, 0.3) is 5.91 Å². The van der Waals surface area contributed by atoms with Crippen LogP contribution in [0.4, 0.5) is 0 Å². The van der Waals surface area contributed by atoms with E-state index in [9.17, 15) is 9.59 Å². The van der Waals surface area contributed by atoms with Crippen LogP contribution in [0, 0.1) is 5.92 Å². The highest BCUT2D eigenvalue weighted by atomic mass is 16.6. The molecular weight excluding hydrogens is 370 g/mol. The number of esters is 1. The Bertz CT molecular complexity index is 800. The van der Waals surface area contributed by atoms with Gasteiger partial charge in [-0.05, 0) is 42.9 Å². The summed E-state index contributed by atoms with van der Waals surface area (Å²) in [6.45, 7) is 0.876. The van der Waals surface area contributed by atoms with E-state index in [1.54, 1.807) is 23.1 Å². The first kappa shape index (κ1) is 20.7. The average molecular weight is 397 g/mol. The van der Waals surface area contributed by atoms with E-state index in [2.05, 4.69) is 24.3 Å². The van der Waals surface area contributed by atoms with Crippen LogP contribution in [0.5, 0.6) is 11.5 Å². The number of ether oxygens (including phenoxy) is 3. The van der Waals surface area contributed by atoms with Gasteiger partial charge < -0.3 is 19.1 Å². The number of benzene rings is 2. The third-order valence-electron chi connectivity index (χ3n) is 5.11. The van der Waals surface area contributed by atoms with Gasteiger partial charge in [0.1, 0.15) is 0 Å². The number of piperidine rings is 1. The first-order valence-corrected chi connectivity index (χ1v) is 9.89. The zero-order valence-electron chi connectivity index (χ0n) is 16.7. The Labute approximate surface area is 171 Å². The van der Waals surface area contributed by atoms with E-state index in [1.807, 2.05) is 12.1 Å². The number of nitrogens with zero attached hydrogens (tertiary/aromatic N) is 1. The lowest BCUT2D eigenvalue weighted by Gasteiger charge is -2.32. The fraction of sp³-hybridized carbons (Fsp3) is 0.391. The highest BCUT2D eigenvalue weighted by molar-refractivity contribution is 5.81. The molecule has 154 valence electrons. The van der Waals surface area contributed by atoms with Crippen LogP contribution >= 0.6 is 0 Å². The van der Waals surface area contributed by atoms with Gasteiger partial charge in [-0.15, -0.1) is 0 Å². The lowest BCUT2D eigenvalue weighted by Crippen LogP contribution is -2.41. The molecule has 1 saturated heterocycles. The maximum Gasteiger partial charge on any atom is 0.344 e. The van der Waals surface area contributed by atoms with Crippen molar-refractivity contribution in [3.05, 3.63) is 60.2 Å². The zero-order chi connectivity index (χ0) is 20.5. The molecule has 0 bridgehead atoms. The Morgan fingerprint density at radius 3 is 2.28 bits per heavy atom. The van der Waals surface area contributed by atoms with Crippen LogP contribution in [-0.4, -0.2) is 50.2 Å². The SMILES string of the molecule is COc1ccccc1OCC(=O)OCC(=O)N1CCC(Cc2ccccc2)CC1. The molecule has 6 heteroatoms. The van der Waals surface area contributed by atoms with E-state index in [-0.39, 0.29) is 19.1 Å². The van der Waals surface area contributed by atoms with Gasteiger partial charge in [0.2, 0.25) is 0 Å². The second-order valence-corrected chi connectivity index (χ2v) is 7.11. The van der Waals surface area contributed by atoms with Crippen molar-refractivity contribution in [1.29, 1.82) is 0 Å². The number of hydrogen-bond acceptors (Lipinski definition) is 5. The average Bonchev–Trinajstić information content (AvgIpc) is 2.77. The monoisotopic (exact) mass is 397 g/mol. The Morgan fingerprint density at radius 1 is 0.931 bits per heavy atom. The van der Waals surface area contributed by atoms with Crippen LogP contribution < -0.4 is 9.47 Å². The molecule has 0 radical (unpaired) electrons. The standard InChI is InChI=1S/C23H27NO5/c1-27-20-9-5-6-10-21(20)28-17-23(26)29-16-22(25)24-13-11-19(12-14-24)15-18-7-3-2-4-8-18/h2-10,19H,11-17H2,1H3. The summed E-state index contributed by atoms with van der Waals surface area (Å²) in [5.41, 5.74) is 1.33. The van der Waals surface area contributed by atoms with E-state index in [0.29, 0.717) is 30.5 Å². The van der Waals surface area contributed by atoms with Crippen molar-refractivity contribution in [3.63, 3.8) is 0 Å². The number of amides is 1. The predicted molar refractivity (Wildman–Crippen MR) is 109 cm³/mol. The van der Waals surface area contributed by atoms with E-state index < -0.39 is 5.97 Å². The van der Waals surface area contributed by atoms with E-state index in [1.165, 1.54) is 12.7 Å². The number of likely N-dealkylation sites (tertiary alicyclic amines) is 1. The van der Waals surface area contributed by atoms with E-state index in [0.717, 1.165) is 19.3 Å². The Hall–Kier alpha value is -3.02. The minimum Gasteiger partial charge on any atom is -0.493 e. The smallest absolute Gasteiger partial charge is 0.344 e. The summed E-state index contributed by atoms with van der Waals surface area (Å²) in [6.07, 6.45) is 2.97. The molecule has 0 saturated carbocycles. The molecule has 0 spiro atoms. The third kappa shape index (κ3) is 6.24. The van der Waals surface area contributed by atoms with Gasteiger partial charge >= 0.3 is 5.97 Å². The molecule has 0 aromatic heterocycles. The Kier molecular flexibility index (Phi) is 7.50. The first-order chi connectivity index (χ1) is 14.2. The number of carbonyl (C=O) groups excluding carboxylic acids is 2. The minimum atomic E-state index is -0.580. The van der Waals surface area contributed by atoms with Crippen LogP contribution in [0.25, 0.3) is 0 Å². The van der Waals surface area contributed by atoms with Gasteiger partial charge in [0, 0.05) is 13.1 Å². The van der Waals surface area contributed by atoms with Crippen molar-refractivity contribution in [3.8, 4) is 11.5 Å². The van der Waals surface area contributed by atoms with Crippen molar-refractivity contribution >= 4 is 11.9 Å². The highest BCUT2D eigenvalue weighted by Gasteiger charge is 2.23. The first-order valence-electron chi connectivity index (χ1n) is 9.89. The number of methoxy groups -OCH3 is 1. The summed E-state index contributed by atoms with van der Waals surface area (Å²) in [6, 6.07) is 17.5. The summed E-state index contributed by atoms with van der Waals surface area (Å²) in [5.74, 6) is 0.837. The molecule has 1 amide bonds. The summed E-state index contributed by atoms with van der Waals surface area (Å²) in [7, 11) is 1.53. The van der Waals surface area contributed by atoms with Gasteiger partial charge in [0.05, 0.1) is 7.11 Å². The fourth-order valence-corrected chi connectivity index (χ4v) is 3.48. The number of rotatable bonds is 8. The van der Waals surface area contributed by atoms with Crippen molar-refractivity contribution in [2.24, 2.45) is 5.92 Å². The van der Waals surface area contributed by atoms with Crippen LogP contribution in [0.1, 0.15) is 18.4 Å². The number of carbonyl (C=O) groups is 2. The molecule has 29 heavy (non-hydrogen) atoms. The molecule has 3 rings (SSSR count). The molecule has 2 aromatic rings. The van der Waals surface area contributed by atoms with Crippen LogP contribution in [0.3, 0.4) is 0 Å². The van der Waals surface area contributed by atoms with Crippen molar-refractivity contribution in [2.45, 2.75) is 19.3 Å². The normalized spacial score (nSPS) is 14.3. The second kappa shape index (κ2) is 10.5. The summed E-state index contributed by atoms with van der Waals surface area (Å²) in [4.78, 5) is 26.0. The minimum absolute atomic E-state index is 0.159. The maximum atomic E-state index is 12.3. The zero-order valence-corrected chi connectivity index (χ0v) is 16.7. The van der Waals surface area contributed by atoms with Gasteiger partial charge in [-0.2, -0.15) is 0 Å². The van der Waals surface area contributed by atoms with E-state index >= 15 is 0 Å². The summed E-state index contributed by atoms with van der Waals surface area (Å²) in [5, 5.41) is 0. The van der Waals surface area contributed by atoms with E-state index in [4.69, 9.17) is 14.2 Å².